The molecule has 3 heterocycles. The van der Waals surface area contributed by atoms with E-state index in [2.05, 4.69) is 36.9 Å². The number of nitrogens with zero attached hydrogens (tertiary/aromatic N) is 2. The summed E-state index contributed by atoms with van der Waals surface area (Å²) in [6.45, 7) is 4.07. The summed E-state index contributed by atoms with van der Waals surface area (Å²) in [6.07, 6.45) is 1.79. The number of allylic oxidation sites excluding steroid dienone is 1. The van der Waals surface area contributed by atoms with Crippen LogP contribution in [0.15, 0.2) is 84.6 Å². The second-order valence-corrected chi connectivity index (χ2v) is 12.7. The maximum Gasteiger partial charge on any atom is 0.338 e. The van der Waals surface area contributed by atoms with Crippen LogP contribution in [0.1, 0.15) is 36.6 Å². The van der Waals surface area contributed by atoms with E-state index < -0.39 is 12.0 Å². The smallest absolute Gasteiger partial charge is 0.338 e. The molecule has 0 unspecified atom stereocenters. The Kier molecular flexibility index (Phi) is 8.50. The van der Waals surface area contributed by atoms with Gasteiger partial charge in [-0.15, -0.1) is 0 Å². The molecule has 0 saturated heterocycles. The summed E-state index contributed by atoms with van der Waals surface area (Å²) in [5, 5.41) is 0.627. The fourth-order valence-electron chi connectivity index (χ4n) is 4.91. The highest BCUT2D eigenvalue weighted by molar-refractivity contribution is 9.11. The Bertz CT molecular complexity index is 1960. The molecule has 0 N–H and O–H groups in total. The Morgan fingerprint density at radius 3 is 2.63 bits per heavy atom. The van der Waals surface area contributed by atoms with Gasteiger partial charge in [0.05, 0.1) is 37.4 Å². The second kappa shape index (κ2) is 12.3. The molecule has 6 rings (SSSR count). The number of esters is 1. The highest BCUT2D eigenvalue weighted by Crippen LogP contribution is 2.39. The van der Waals surface area contributed by atoms with Gasteiger partial charge in [0, 0.05) is 10.6 Å². The standard InChI is InChI=1S/C31H23Br2ClN2O6S/c1-3-39-30(38)26-16(2)35-31-36(27(26)18-8-9-23-24(13-18)42-15-41-23)29(37)25(43-31)12-17-10-20(32)28(21(33)11-17)40-14-19-6-4-5-7-22(19)34/h4-13,27H,3,14-15H2,1-2H3/b25-12-/t27-/m1/s1. The van der Waals surface area contributed by atoms with Crippen molar-refractivity contribution in [2.24, 2.45) is 4.99 Å². The van der Waals surface area contributed by atoms with Crippen molar-refractivity contribution in [3.8, 4) is 17.2 Å². The number of hydrogen-bond acceptors (Lipinski definition) is 8. The fraction of sp³-hybridized carbons (Fsp3) is 0.194. The summed E-state index contributed by atoms with van der Waals surface area (Å²) in [6, 6.07) is 15.9. The predicted octanol–water partition coefficient (Wildman–Crippen LogP) is 6.28. The fourth-order valence-corrected chi connectivity index (χ4v) is 7.60. The lowest BCUT2D eigenvalue weighted by Crippen LogP contribution is -2.39. The minimum absolute atomic E-state index is 0.107. The van der Waals surface area contributed by atoms with Crippen LogP contribution >= 0.6 is 54.8 Å². The Balaban J connectivity index is 1.41. The largest absolute Gasteiger partial charge is 0.486 e. The second-order valence-electron chi connectivity index (χ2n) is 9.61. The minimum atomic E-state index is -0.758. The van der Waals surface area contributed by atoms with Gasteiger partial charge in [-0.25, -0.2) is 9.79 Å². The van der Waals surface area contributed by atoms with Crippen molar-refractivity contribution in [1.82, 2.24) is 4.57 Å². The summed E-state index contributed by atoms with van der Waals surface area (Å²) < 4.78 is 25.9. The predicted molar refractivity (Wildman–Crippen MR) is 171 cm³/mol. The average Bonchev–Trinajstić information content (AvgIpc) is 3.56. The Hall–Kier alpha value is -3.38. The van der Waals surface area contributed by atoms with E-state index in [9.17, 15) is 9.59 Å². The highest BCUT2D eigenvalue weighted by atomic mass is 79.9. The number of rotatable bonds is 7. The number of halogens is 3. The summed E-state index contributed by atoms with van der Waals surface area (Å²) in [5.41, 5.74) is 2.80. The van der Waals surface area contributed by atoms with Crippen molar-refractivity contribution in [2.75, 3.05) is 13.4 Å². The van der Waals surface area contributed by atoms with Crippen LogP contribution in [0.5, 0.6) is 17.2 Å². The molecule has 0 aliphatic carbocycles. The first-order valence-corrected chi connectivity index (χ1v) is 16.0. The third-order valence-corrected chi connectivity index (χ3v) is 9.41. The van der Waals surface area contributed by atoms with E-state index in [0.29, 0.717) is 57.4 Å². The van der Waals surface area contributed by atoms with Crippen LogP contribution in [-0.4, -0.2) is 23.9 Å². The van der Waals surface area contributed by atoms with Gasteiger partial charge in [-0.05, 0) is 93.2 Å². The molecule has 43 heavy (non-hydrogen) atoms. The molecule has 0 radical (unpaired) electrons. The lowest BCUT2D eigenvalue weighted by atomic mass is 9.95. The number of carbonyl (C=O) groups is 1. The molecular weight excluding hydrogens is 724 g/mol. The van der Waals surface area contributed by atoms with Crippen molar-refractivity contribution < 1.29 is 23.7 Å². The van der Waals surface area contributed by atoms with Crippen LogP contribution in [-0.2, 0) is 16.1 Å². The highest BCUT2D eigenvalue weighted by Gasteiger charge is 2.34. The number of thiazole rings is 1. The normalized spacial score (nSPS) is 15.7. The number of hydrogen-bond donors (Lipinski definition) is 0. The summed E-state index contributed by atoms with van der Waals surface area (Å²) in [4.78, 5) is 32.3. The first kappa shape index (κ1) is 29.7. The van der Waals surface area contributed by atoms with Crippen molar-refractivity contribution in [1.29, 1.82) is 0 Å². The van der Waals surface area contributed by atoms with Gasteiger partial charge in [0.25, 0.3) is 5.56 Å². The molecule has 1 aromatic heterocycles. The molecule has 8 nitrogen and oxygen atoms in total. The lowest BCUT2D eigenvalue weighted by molar-refractivity contribution is -0.139. The zero-order chi connectivity index (χ0) is 30.2. The van der Waals surface area contributed by atoms with E-state index in [1.165, 1.54) is 11.3 Å². The molecular formula is C31H23Br2ClN2O6S. The zero-order valence-corrected chi connectivity index (χ0v) is 27.6. The van der Waals surface area contributed by atoms with Gasteiger partial charge in [0.1, 0.15) is 12.4 Å². The van der Waals surface area contributed by atoms with Gasteiger partial charge >= 0.3 is 5.97 Å². The molecule has 1 atom stereocenters. The topological polar surface area (TPSA) is 88.4 Å². The molecule has 0 fully saturated rings. The van der Waals surface area contributed by atoms with Gasteiger partial charge in [-0.3, -0.25) is 9.36 Å². The van der Waals surface area contributed by atoms with Crippen molar-refractivity contribution >= 4 is 66.8 Å². The molecule has 0 amide bonds. The van der Waals surface area contributed by atoms with Crippen molar-refractivity contribution in [3.63, 3.8) is 0 Å². The van der Waals surface area contributed by atoms with Crippen molar-refractivity contribution in [3.05, 3.63) is 116 Å². The van der Waals surface area contributed by atoms with E-state index in [4.69, 9.17) is 30.5 Å². The van der Waals surface area contributed by atoms with Gasteiger partial charge in [0.2, 0.25) is 6.79 Å². The Morgan fingerprint density at radius 1 is 1.14 bits per heavy atom. The maximum absolute atomic E-state index is 14.0. The summed E-state index contributed by atoms with van der Waals surface area (Å²) in [5.74, 6) is 1.23. The zero-order valence-electron chi connectivity index (χ0n) is 22.9. The first-order chi connectivity index (χ1) is 20.7. The van der Waals surface area contributed by atoms with Gasteiger partial charge < -0.3 is 18.9 Å². The van der Waals surface area contributed by atoms with E-state index >= 15 is 0 Å². The molecule has 0 bridgehead atoms. The SMILES string of the molecule is CCOC(=O)C1=C(C)N=c2s/c(=C\c3cc(Br)c(OCc4ccccc4Cl)c(Br)c3)c(=O)n2[C@@H]1c1ccc2c(c1)OCO2. The Labute approximate surface area is 272 Å². The molecule has 220 valence electrons. The third-order valence-electron chi connectivity index (χ3n) is 6.88. The lowest BCUT2D eigenvalue weighted by Gasteiger charge is -2.24. The van der Waals surface area contributed by atoms with Crippen molar-refractivity contribution in [2.45, 2.75) is 26.5 Å². The van der Waals surface area contributed by atoms with Crippen LogP contribution in [0.25, 0.3) is 6.08 Å². The van der Waals surface area contributed by atoms with Crippen LogP contribution in [0.4, 0.5) is 0 Å². The van der Waals surface area contributed by atoms with Crippen LogP contribution < -0.4 is 29.1 Å². The molecule has 4 aromatic rings. The third kappa shape index (κ3) is 5.78. The van der Waals surface area contributed by atoms with Gasteiger partial charge in [-0.2, -0.15) is 0 Å². The van der Waals surface area contributed by atoms with Gasteiger partial charge in [-0.1, -0.05) is 47.2 Å². The monoisotopic (exact) mass is 744 g/mol. The van der Waals surface area contributed by atoms with E-state index in [1.807, 2.05) is 42.5 Å². The van der Waals surface area contributed by atoms with Crippen LogP contribution in [0.2, 0.25) is 5.02 Å². The molecule has 2 aliphatic heterocycles. The molecule has 3 aromatic carbocycles. The first-order valence-electron chi connectivity index (χ1n) is 13.2. The number of ether oxygens (including phenoxy) is 4. The van der Waals surface area contributed by atoms with Crippen LogP contribution in [0, 0.1) is 0 Å². The van der Waals surface area contributed by atoms with Gasteiger partial charge in [0.15, 0.2) is 16.3 Å². The number of carbonyl (C=O) groups excluding carboxylic acids is 1. The Morgan fingerprint density at radius 2 is 1.88 bits per heavy atom. The number of fused-ring (bicyclic) bond motifs is 2. The molecule has 2 aliphatic rings. The van der Waals surface area contributed by atoms with E-state index in [0.717, 1.165) is 11.1 Å². The quantitative estimate of drug-likeness (QED) is 0.207. The number of benzene rings is 3. The molecule has 12 heteroatoms. The average molecular weight is 747 g/mol. The molecule has 0 saturated carbocycles. The van der Waals surface area contributed by atoms with E-state index in [-0.39, 0.29) is 25.6 Å². The maximum atomic E-state index is 14.0. The summed E-state index contributed by atoms with van der Waals surface area (Å²) in [7, 11) is 0. The summed E-state index contributed by atoms with van der Waals surface area (Å²) >= 11 is 14.7. The minimum Gasteiger partial charge on any atom is -0.486 e. The number of aromatic nitrogens is 1. The van der Waals surface area contributed by atoms with E-state index in [1.54, 1.807) is 36.6 Å². The molecule has 0 spiro atoms. The van der Waals surface area contributed by atoms with Crippen LogP contribution in [0.3, 0.4) is 0 Å².